The Bertz CT molecular complexity index is 546. The molecule has 1 nitrogen and oxygen atoms in total. The van der Waals surface area contributed by atoms with Crippen molar-refractivity contribution in [3.8, 4) is 0 Å². The van der Waals surface area contributed by atoms with E-state index in [4.69, 9.17) is 5.11 Å². The van der Waals surface area contributed by atoms with Gasteiger partial charge in [0, 0.05) is 6.61 Å². The monoisotopic (exact) mass is 254 g/mol. The number of hydrogen-bond acceptors (Lipinski definition) is 1. The number of halogens is 3. The van der Waals surface area contributed by atoms with Gasteiger partial charge in [-0.2, -0.15) is 13.2 Å². The maximum atomic E-state index is 12.9. The predicted octanol–water partition coefficient (Wildman–Crippen LogP) is 3.78. The number of fused-ring (bicyclic) bond motifs is 1. The summed E-state index contributed by atoms with van der Waals surface area (Å²) in [5.74, 6) is 0. The molecule has 0 unspecified atom stereocenters. The molecule has 0 heterocycles. The van der Waals surface area contributed by atoms with Gasteiger partial charge in [-0.25, -0.2) is 0 Å². The summed E-state index contributed by atoms with van der Waals surface area (Å²) >= 11 is 0. The molecule has 0 aliphatic rings. The predicted molar refractivity (Wildman–Crippen MR) is 64.4 cm³/mol. The van der Waals surface area contributed by atoms with Gasteiger partial charge in [0.1, 0.15) is 0 Å². The third-order valence-electron chi connectivity index (χ3n) is 2.88. The van der Waals surface area contributed by atoms with Crippen molar-refractivity contribution in [1.29, 1.82) is 0 Å². The average molecular weight is 254 g/mol. The smallest absolute Gasteiger partial charge is 0.396 e. The van der Waals surface area contributed by atoms with Crippen LogP contribution in [0.4, 0.5) is 13.2 Å². The topological polar surface area (TPSA) is 20.2 Å². The Kier molecular flexibility index (Phi) is 3.57. The van der Waals surface area contributed by atoms with Crippen LogP contribution < -0.4 is 0 Å². The van der Waals surface area contributed by atoms with Crippen LogP contribution in [0.15, 0.2) is 36.4 Å². The van der Waals surface area contributed by atoms with E-state index < -0.39 is 11.7 Å². The first kappa shape index (κ1) is 12.9. The van der Waals surface area contributed by atoms with E-state index >= 15 is 0 Å². The number of benzene rings is 2. The van der Waals surface area contributed by atoms with Crippen LogP contribution in [0.3, 0.4) is 0 Å². The molecule has 18 heavy (non-hydrogen) atoms. The molecule has 0 aliphatic carbocycles. The van der Waals surface area contributed by atoms with Crippen molar-refractivity contribution in [2.75, 3.05) is 6.61 Å². The molecule has 2 rings (SSSR count). The van der Waals surface area contributed by atoms with Crippen LogP contribution in [-0.2, 0) is 12.6 Å². The van der Waals surface area contributed by atoms with Gasteiger partial charge >= 0.3 is 6.18 Å². The van der Waals surface area contributed by atoms with Gasteiger partial charge < -0.3 is 5.11 Å². The Morgan fingerprint density at radius 2 is 1.61 bits per heavy atom. The standard InChI is InChI=1S/C14H13F3O/c15-14(16,17)13-9-11-5-2-1-4-10(11)8-12(13)6-3-7-18/h1-2,4-5,8-9,18H,3,6-7H2. The molecule has 0 aromatic heterocycles. The van der Waals surface area contributed by atoms with Gasteiger partial charge in [-0.15, -0.1) is 0 Å². The number of aliphatic hydroxyl groups is 1. The highest BCUT2D eigenvalue weighted by Gasteiger charge is 2.33. The van der Waals surface area contributed by atoms with Gasteiger partial charge in [-0.1, -0.05) is 30.3 Å². The fourth-order valence-electron chi connectivity index (χ4n) is 2.03. The lowest BCUT2D eigenvalue weighted by Crippen LogP contribution is -2.09. The van der Waals surface area contributed by atoms with Crippen molar-refractivity contribution in [3.63, 3.8) is 0 Å². The van der Waals surface area contributed by atoms with Gasteiger partial charge in [-0.3, -0.25) is 0 Å². The van der Waals surface area contributed by atoms with Gasteiger partial charge in [0.2, 0.25) is 0 Å². The van der Waals surface area contributed by atoms with Crippen LogP contribution in [0.1, 0.15) is 17.5 Å². The number of alkyl halides is 3. The zero-order chi connectivity index (χ0) is 13.2. The molecule has 96 valence electrons. The summed E-state index contributed by atoms with van der Waals surface area (Å²) in [5, 5.41) is 10.1. The van der Waals surface area contributed by atoms with E-state index in [1.807, 2.05) is 0 Å². The average Bonchev–Trinajstić information content (AvgIpc) is 2.34. The minimum Gasteiger partial charge on any atom is -0.396 e. The molecule has 0 atom stereocenters. The number of rotatable bonds is 3. The van der Waals surface area contributed by atoms with Crippen LogP contribution in [0.25, 0.3) is 10.8 Å². The fourth-order valence-corrected chi connectivity index (χ4v) is 2.03. The third-order valence-corrected chi connectivity index (χ3v) is 2.88. The van der Waals surface area contributed by atoms with E-state index in [1.165, 1.54) is 6.07 Å². The fraction of sp³-hybridized carbons (Fsp3) is 0.286. The minimum absolute atomic E-state index is 0.107. The van der Waals surface area contributed by atoms with E-state index in [0.717, 1.165) is 5.39 Å². The summed E-state index contributed by atoms with van der Waals surface area (Å²) in [6.07, 6.45) is -3.79. The highest BCUT2D eigenvalue weighted by molar-refractivity contribution is 5.84. The summed E-state index contributed by atoms with van der Waals surface area (Å²) in [6, 6.07) is 9.72. The highest BCUT2D eigenvalue weighted by atomic mass is 19.4. The van der Waals surface area contributed by atoms with Gasteiger partial charge in [0.15, 0.2) is 0 Å². The lowest BCUT2D eigenvalue weighted by Gasteiger charge is -2.14. The summed E-state index contributed by atoms with van der Waals surface area (Å²) in [4.78, 5) is 0. The Morgan fingerprint density at radius 3 is 2.17 bits per heavy atom. The largest absolute Gasteiger partial charge is 0.416 e. The van der Waals surface area contributed by atoms with E-state index in [1.54, 1.807) is 30.3 Å². The molecule has 4 heteroatoms. The normalized spacial score (nSPS) is 12.0. The van der Waals surface area contributed by atoms with Crippen molar-refractivity contribution < 1.29 is 18.3 Å². The zero-order valence-corrected chi connectivity index (χ0v) is 9.67. The van der Waals surface area contributed by atoms with Crippen LogP contribution in [-0.4, -0.2) is 11.7 Å². The quantitative estimate of drug-likeness (QED) is 0.883. The van der Waals surface area contributed by atoms with Gasteiger partial charge in [0.05, 0.1) is 5.56 Å². The first-order chi connectivity index (χ1) is 8.52. The van der Waals surface area contributed by atoms with E-state index in [0.29, 0.717) is 11.8 Å². The summed E-state index contributed by atoms with van der Waals surface area (Å²) < 4.78 is 38.8. The molecular formula is C14H13F3O. The van der Waals surface area contributed by atoms with Gasteiger partial charge in [0.25, 0.3) is 0 Å². The second-order valence-electron chi connectivity index (χ2n) is 4.18. The minimum atomic E-state index is -4.35. The van der Waals surface area contributed by atoms with Crippen molar-refractivity contribution in [1.82, 2.24) is 0 Å². The molecule has 0 fully saturated rings. The number of aryl methyl sites for hydroxylation is 1. The van der Waals surface area contributed by atoms with E-state index in [-0.39, 0.29) is 18.6 Å². The lowest BCUT2D eigenvalue weighted by molar-refractivity contribution is -0.138. The van der Waals surface area contributed by atoms with Crippen molar-refractivity contribution >= 4 is 10.8 Å². The van der Waals surface area contributed by atoms with E-state index in [2.05, 4.69) is 0 Å². The maximum Gasteiger partial charge on any atom is 0.416 e. The molecule has 0 saturated heterocycles. The molecule has 0 spiro atoms. The Morgan fingerprint density at radius 1 is 1.00 bits per heavy atom. The summed E-state index contributed by atoms with van der Waals surface area (Å²) in [7, 11) is 0. The Hall–Kier alpha value is -1.55. The Balaban J connectivity index is 2.56. The first-order valence-corrected chi connectivity index (χ1v) is 5.72. The maximum absolute atomic E-state index is 12.9. The van der Waals surface area contributed by atoms with Gasteiger partial charge in [-0.05, 0) is 35.2 Å². The molecule has 0 bridgehead atoms. The molecule has 0 aliphatic heterocycles. The van der Waals surface area contributed by atoms with Crippen molar-refractivity contribution in [2.45, 2.75) is 19.0 Å². The van der Waals surface area contributed by atoms with Crippen LogP contribution >= 0.6 is 0 Å². The SMILES string of the molecule is OCCCc1cc2ccccc2cc1C(F)(F)F. The first-order valence-electron chi connectivity index (χ1n) is 5.72. The summed E-state index contributed by atoms with van der Waals surface area (Å²) in [5.41, 5.74) is -0.357. The molecule has 0 amide bonds. The highest BCUT2D eigenvalue weighted by Crippen LogP contribution is 2.35. The number of hydrogen-bond donors (Lipinski definition) is 1. The van der Waals surface area contributed by atoms with Crippen LogP contribution in [0.2, 0.25) is 0 Å². The molecule has 2 aromatic rings. The Labute approximate surface area is 103 Å². The van der Waals surface area contributed by atoms with Crippen molar-refractivity contribution in [3.05, 3.63) is 47.5 Å². The van der Waals surface area contributed by atoms with Crippen LogP contribution in [0.5, 0.6) is 0 Å². The molecular weight excluding hydrogens is 241 g/mol. The number of aliphatic hydroxyl groups excluding tert-OH is 1. The zero-order valence-electron chi connectivity index (χ0n) is 9.67. The molecule has 0 saturated carbocycles. The second kappa shape index (κ2) is 4.98. The molecule has 2 aromatic carbocycles. The van der Waals surface area contributed by atoms with Crippen LogP contribution in [0, 0.1) is 0 Å². The lowest BCUT2D eigenvalue weighted by atomic mass is 9.97. The molecule has 1 N–H and O–H groups in total. The second-order valence-corrected chi connectivity index (χ2v) is 4.18. The van der Waals surface area contributed by atoms with E-state index in [9.17, 15) is 13.2 Å². The third kappa shape index (κ3) is 2.64. The van der Waals surface area contributed by atoms with Crippen molar-refractivity contribution in [2.24, 2.45) is 0 Å². The summed E-state index contributed by atoms with van der Waals surface area (Å²) in [6.45, 7) is -0.107. The molecule has 0 radical (unpaired) electrons.